The van der Waals surface area contributed by atoms with Crippen LogP contribution < -0.4 is 0 Å². The Balaban J connectivity index is 0.810. The summed E-state index contributed by atoms with van der Waals surface area (Å²) in [6, 6.07) is 8.53. The second kappa shape index (κ2) is 22.2. The molecule has 0 bridgehead atoms. The molecule has 422 valence electrons. The highest BCUT2D eigenvalue weighted by atomic mass is 16.8. The predicted molar refractivity (Wildman–Crippen MR) is 266 cm³/mol. The zero-order valence-electron chi connectivity index (χ0n) is 45.6. The highest BCUT2D eigenvalue weighted by Crippen LogP contribution is 2.71. The van der Waals surface area contributed by atoms with Crippen LogP contribution in [0, 0.1) is 16.7 Å². The fourth-order valence-electron chi connectivity index (χ4n) is 14.9. The maximum absolute atomic E-state index is 13.7. The van der Waals surface area contributed by atoms with Crippen LogP contribution in [0.1, 0.15) is 129 Å². The Morgan fingerprint density at radius 2 is 1.11 bits per heavy atom. The van der Waals surface area contributed by atoms with Gasteiger partial charge in [0, 0.05) is 60.0 Å². The van der Waals surface area contributed by atoms with Crippen LogP contribution >= 0.6 is 0 Å². The summed E-state index contributed by atoms with van der Waals surface area (Å²) in [6.45, 7) is 12.5. The summed E-state index contributed by atoms with van der Waals surface area (Å²) in [5, 5.41) is 48.5. The van der Waals surface area contributed by atoms with Gasteiger partial charge in [0.1, 0.15) is 47.3 Å². The summed E-state index contributed by atoms with van der Waals surface area (Å²) >= 11 is 0. The van der Waals surface area contributed by atoms with E-state index in [4.69, 9.17) is 61.6 Å². The molecule has 9 rings (SSSR count). The first-order chi connectivity index (χ1) is 35.6. The van der Waals surface area contributed by atoms with E-state index in [0.29, 0.717) is 50.5 Å². The van der Waals surface area contributed by atoms with Gasteiger partial charge in [0.05, 0.1) is 65.9 Å². The maximum atomic E-state index is 13.7. The molecule has 19 heteroatoms. The molecule has 3 saturated carbocycles. The number of hydrogen-bond acceptors (Lipinski definition) is 19. The molecule has 0 amide bonds. The van der Waals surface area contributed by atoms with Gasteiger partial charge in [0.25, 0.3) is 0 Å². The van der Waals surface area contributed by atoms with E-state index < -0.39 is 144 Å². The average molecular weight is 1060 g/mol. The highest BCUT2D eigenvalue weighted by Gasteiger charge is 2.81. The Morgan fingerprint density at radius 3 is 1.60 bits per heavy atom. The third-order valence-electron chi connectivity index (χ3n) is 19.4. The van der Waals surface area contributed by atoms with Crippen molar-refractivity contribution in [2.24, 2.45) is 16.7 Å². The van der Waals surface area contributed by atoms with Gasteiger partial charge in [-0.2, -0.15) is 0 Å². The first-order valence-electron chi connectivity index (χ1n) is 27.2. The van der Waals surface area contributed by atoms with Gasteiger partial charge in [-0.25, -0.2) is 4.79 Å². The van der Waals surface area contributed by atoms with Gasteiger partial charge in [-0.05, 0) is 104 Å². The van der Waals surface area contributed by atoms with Crippen LogP contribution in [-0.2, 0) is 66.4 Å². The molecule has 19 nitrogen and oxygen atoms in total. The standard InChI is InChI=1S/C56H84O19/c1-29-47(58)37(63-8)24-44(67-29)73-49-31(3)69-46(26-39(49)65-10)75-50-32(4)70-45(27-40(50)66-11)74-48-30(2)68-43(25-38(48)64-9)71-36-18-19-52(6)35(23-36)17-20-55(61)41(52)28-42(72-51(59)34-15-13-12-14-16-34)53(7)54(60,33(5)57)21-22-56(53,55)62/h12-17,29-32,36-50,58,60-62H,18-28H2,1-11H3/t29-,30+,31+,32+,36-,37+,38-,39+,40-,41+,42+,43-,44-,45-,46-,47-,48+,49+,50+,52-,53+,54+,55-,56+/m0/s1. The van der Waals surface area contributed by atoms with Crippen molar-refractivity contribution in [3.63, 3.8) is 0 Å². The monoisotopic (exact) mass is 1060 g/mol. The SMILES string of the molecule is CO[C@H]1C[C@H](O[C@H]2CC[C@@]3(C)C(=CC[C@]4(O)[C@@H]3C[C@@H](OC(=O)c3ccccc3)[C@@]3(C)[C@]4(O)CC[C@@]3(O)C(C)=O)C2)O[C@H](C)[C@H]1O[C@H]1C[C@H](OC)[C@H](O[C@H]2C[C@@H](OC)[C@H](O[C@H]3C[C@@H](OC)[C@@H](O)[C@H](C)O3)[C@@H](C)O2)[C@@H](C)O1. The van der Waals surface area contributed by atoms with Gasteiger partial charge in [-0.1, -0.05) is 36.8 Å². The number of esters is 1. The van der Waals surface area contributed by atoms with E-state index in [9.17, 15) is 30.0 Å². The second-order valence-corrected chi connectivity index (χ2v) is 23.2. The van der Waals surface area contributed by atoms with Crippen LogP contribution in [-0.4, -0.2) is 188 Å². The number of fused-ring (bicyclic) bond motifs is 5. The normalized spacial score (nSPS) is 48.9. The van der Waals surface area contributed by atoms with E-state index in [1.54, 1.807) is 72.6 Å². The fourth-order valence-corrected chi connectivity index (χ4v) is 14.9. The highest BCUT2D eigenvalue weighted by molar-refractivity contribution is 5.90. The third-order valence-corrected chi connectivity index (χ3v) is 19.4. The van der Waals surface area contributed by atoms with Crippen molar-refractivity contribution in [2.75, 3.05) is 28.4 Å². The molecule has 4 aliphatic heterocycles. The number of aliphatic hydroxyl groups excluding tert-OH is 1. The molecule has 0 unspecified atom stereocenters. The number of ketones is 1. The van der Waals surface area contributed by atoms with Crippen molar-refractivity contribution in [1.82, 2.24) is 0 Å². The molecule has 4 N–H and O–H groups in total. The predicted octanol–water partition coefficient (Wildman–Crippen LogP) is 4.84. The molecule has 0 aromatic heterocycles. The summed E-state index contributed by atoms with van der Waals surface area (Å²) in [5.74, 6) is -1.75. The van der Waals surface area contributed by atoms with E-state index in [0.717, 1.165) is 5.57 Å². The lowest BCUT2D eigenvalue weighted by Crippen LogP contribution is -2.78. The third kappa shape index (κ3) is 10.0. The van der Waals surface area contributed by atoms with Crippen molar-refractivity contribution in [3.8, 4) is 0 Å². The van der Waals surface area contributed by atoms with Crippen molar-refractivity contribution in [1.29, 1.82) is 0 Å². The molecule has 1 aromatic rings. The van der Waals surface area contributed by atoms with Crippen LogP contribution in [0.5, 0.6) is 0 Å². The van der Waals surface area contributed by atoms with Crippen LogP contribution in [0.15, 0.2) is 42.0 Å². The molecule has 4 saturated heterocycles. The summed E-state index contributed by atoms with van der Waals surface area (Å²) in [4.78, 5) is 27.1. The van der Waals surface area contributed by atoms with Crippen molar-refractivity contribution < 1.29 is 91.6 Å². The van der Waals surface area contributed by atoms with E-state index in [-0.39, 0.29) is 37.9 Å². The van der Waals surface area contributed by atoms with E-state index in [1.807, 2.05) is 26.8 Å². The van der Waals surface area contributed by atoms with Gasteiger partial charge < -0.3 is 82.0 Å². The lowest BCUT2D eigenvalue weighted by atomic mass is 9.42. The van der Waals surface area contributed by atoms with Gasteiger partial charge in [0.2, 0.25) is 0 Å². The Kier molecular flexibility index (Phi) is 16.9. The molecule has 4 aliphatic carbocycles. The molecule has 4 heterocycles. The van der Waals surface area contributed by atoms with E-state index in [2.05, 4.69) is 6.92 Å². The molecular weight excluding hydrogens is 977 g/mol. The molecule has 1 aromatic carbocycles. The smallest absolute Gasteiger partial charge is 0.338 e. The molecule has 8 aliphatic rings. The number of Topliss-reactive ketones (excluding diaryl/α,β-unsaturated/α-hetero) is 1. The Labute approximate surface area is 441 Å². The van der Waals surface area contributed by atoms with Crippen LogP contribution in [0.2, 0.25) is 0 Å². The minimum absolute atomic E-state index is 0.0438. The number of methoxy groups -OCH3 is 4. The largest absolute Gasteiger partial charge is 0.458 e. The van der Waals surface area contributed by atoms with Crippen molar-refractivity contribution >= 4 is 11.8 Å². The Bertz CT molecular complexity index is 2180. The Hall–Kier alpha value is -2.54. The lowest BCUT2D eigenvalue weighted by molar-refractivity contribution is -0.347. The molecule has 7 fully saturated rings. The molecular formula is C56H84O19. The van der Waals surface area contributed by atoms with Crippen molar-refractivity contribution in [3.05, 3.63) is 47.5 Å². The topological polar surface area (TPSA) is 235 Å². The number of ether oxygens (including phenoxy) is 13. The van der Waals surface area contributed by atoms with Gasteiger partial charge in [0.15, 0.2) is 30.9 Å². The first kappa shape index (κ1) is 57.2. The molecule has 75 heavy (non-hydrogen) atoms. The van der Waals surface area contributed by atoms with Gasteiger partial charge in [-0.3, -0.25) is 4.79 Å². The zero-order valence-corrected chi connectivity index (χ0v) is 45.6. The maximum Gasteiger partial charge on any atom is 0.338 e. The lowest BCUT2D eigenvalue weighted by Gasteiger charge is -2.67. The number of benzene rings is 1. The summed E-state index contributed by atoms with van der Waals surface area (Å²) < 4.78 is 81.6. The quantitative estimate of drug-likeness (QED) is 0.136. The van der Waals surface area contributed by atoms with Crippen molar-refractivity contribution in [2.45, 2.75) is 247 Å². The van der Waals surface area contributed by atoms with Crippen LogP contribution in [0.3, 0.4) is 0 Å². The molecule has 0 radical (unpaired) electrons. The van der Waals surface area contributed by atoms with Gasteiger partial charge in [-0.15, -0.1) is 0 Å². The number of hydrogen-bond donors (Lipinski definition) is 4. The van der Waals surface area contributed by atoms with Gasteiger partial charge >= 0.3 is 5.97 Å². The minimum Gasteiger partial charge on any atom is -0.458 e. The minimum atomic E-state index is -2.04. The zero-order chi connectivity index (χ0) is 54.0. The summed E-state index contributed by atoms with van der Waals surface area (Å²) in [5.41, 5.74) is -6.68. The number of rotatable bonds is 15. The number of carbonyl (C=O) groups excluding carboxylic acids is 2. The summed E-state index contributed by atoms with van der Waals surface area (Å²) in [7, 11) is 6.48. The first-order valence-corrected chi connectivity index (χ1v) is 27.2. The van der Waals surface area contributed by atoms with E-state index in [1.165, 1.54) is 6.92 Å². The molecule has 24 atom stereocenters. The number of aliphatic hydroxyl groups is 4. The second-order valence-electron chi connectivity index (χ2n) is 23.2. The summed E-state index contributed by atoms with van der Waals surface area (Å²) in [6.07, 6.45) is -4.06. The van der Waals surface area contributed by atoms with E-state index >= 15 is 0 Å². The fraction of sp³-hybridized carbons (Fsp3) is 0.821. The Morgan fingerprint density at radius 1 is 0.627 bits per heavy atom. The average Bonchev–Trinajstić information content (AvgIpc) is 3.62. The van der Waals surface area contributed by atoms with Crippen LogP contribution in [0.25, 0.3) is 0 Å². The number of carbonyl (C=O) groups is 2. The molecule has 0 spiro atoms. The van der Waals surface area contributed by atoms with Crippen LogP contribution in [0.4, 0.5) is 0 Å².